The molecule has 0 aromatic heterocycles. The molecule has 0 bridgehead atoms. The molecule has 1 saturated heterocycles. The molecule has 0 aromatic carbocycles. The first-order valence-electron chi connectivity index (χ1n) is 2.16. The second-order valence-electron chi connectivity index (χ2n) is 1.54. The van der Waals surface area contributed by atoms with E-state index in [2.05, 4.69) is 4.74 Å². The third kappa shape index (κ3) is 1.02. The van der Waals surface area contributed by atoms with Gasteiger partial charge in [-0.1, -0.05) is 0 Å². The Bertz CT molecular complexity index is 149. The zero-order valence-corrected chi connectivity index (χ0v) is 5.65. The summed E-state index contributed by atoms with van der Waals surface area (Å²) in [6, 6.07) is 0. The standard InChI is InChI=1S/C4H2Cl2O3/c5-1-2(6)4(8)9-3(1)7/h1-2H/t1-,2-/m0/s1. The fourth-order valence-electron chi connectivity index (χ4n) is 0.451. The van der Waals surface area contributed by atoms with Gasteiger partial charge in [-0.25, -0.2) is 9.59 Å². The lowest BCUT2D eigenvalue weighted by atomic mass is 10.3. The number of hydrogen-bond donors (Lipinski definition) is 0. The Labute approximate surface area is 60.9 Å². The van der Waals surface area contributed by atoms with Crippen LogP contribution in [-0.2, 0) is 14.3 Å². The summed E-state index contributed by atoms with van der Waals surface area (Å²) in [5.74, 6) is -1.52. The first kappa shape index (κ1) is 6.83. The minimum atomic E-state index is -1.01. The smallest absolute Gasteiger partial charge is 0.333 e. The molecule has 2 atom stereocenters. The number of hydrogen-bond acceptors (Lipinski definition) is 3. The SMILES string of the molecule is O=C1OC(=O)[C@@H](Cl)[C@@H]1Cl. The van der Waals surface area contributed by atoms with Crippen LogP contribution in [0, 0.1) is 0 Å². The molecule has 1 rings (SSSR count). The Morgan fingerprint density at radius 2 is 1.44 bits per heavy atom. The van der Waals surface area contributed by atoms with Gasteiger partial charge in [0.15, 0.2) is 10.8 Å². The van der Waals surface area contributed by atoms with E-state index in [1.807, 2.05) is 0 Å². The van der Waals surface area contributed by atoms with Crippen LogP contribution in [0.4, 0.5) is 0 Å². The number of rotatable bonds is 0. The quantitative estimate of drug-likeness (QED) is 0.297. The zero-order valence-electron chi connectivity index (χ0n) is 4.14. The van der Waals surface area contributed by atoms with Gasteiger partial charge in [0.2, 0.25) is 0 Å². The van der Waals surface area contributed by atoms with Gasteiger partial charge in [0, 0.05) is 0 Å². The minimum absolute atomic E-state index is 0.762. The van der Waals surface area contributed by atoms with E-state index in [1.165, 1.54) is 0 Å². The lowest BCUT2D eigenvalue weighted by molar-refractivity contribution is -0.151. The van der Waals surface area contributed by atoms with E-state index in [1.54, 1.807) is 0 Å². The molecule has 0 saturated carbocycles. The Morgan fingerprint density at radius 3 is 1.56 bits per heavy atom. The molecule has 5 heteroatoms. The van der Waals surface area contributed by atoms with Crippen molar-refractivity contribution in [1.29, 1.82) is 0 Å². The molecule has 0 unspecified atom stereocenters. The van der Waals surface area contributed by atoms with E-state index >= 15 is 0 Å². The van der Waals surface area contributed by atoms with Crippen molar-refractivity contribution in [2.45, 2.75) is 10.8 Å². The topological polar surface area (TPSA) is 43.4 Å². The lowest BCUT2D eigenvalue weighted by Crippen LogP contribution is -2.16. The van der Waals surface area contributed by atoms with Crippen molar-refractivity contribution in [3.8, 4) is 0 Å². The maximum atomic E-state index is 10.3. The highest BCUT2D eigenvalue weighted by Gasteiger charge is 2.41. The summed E-state index contributed by atoms with van der Waals surface area (Å²) in [5, 5.41) is -2.03. The summed E-state index contributed by atoms with van der Waals surface area (Å²) in [6.45, 7) is 0. The van der Waals surface area contributed by atoms with Crippen molar-refractivity contribution in [1.82, 2.24) is 0 Å². The number of carbonyl (C=O) groups is 2. The summed E-state index contributed by atoms with van der Waals surface area (Å²) in [5.41, 5.74) is 0. The van der Waals surface area contributed by atoms with Crippen molar-refractivity contribution in [2.24, 2.45) is 0 Å². The second kappa shape index (κ2) is 2.15. The molecule has 1 fully saturated rings. The van der Waals surface area contributed by atoms with Crippen molar-refractivity contribution < 1.29 is 14.3 Å². The van der Waals surface area contributed by atoms with Crippen LogP contribution >= 0.6 is 23.2 Å². The molecule has 50 valence electrons. The van der Waals surface area contributed by atoms with Crippen LogP contribution in [0.25, 0.3) is 0 Å². The second-order valence-corrected chi connectivity index (χ2v) is 2.48. The fraction of sp³-hybridized carbons (Fsp3) is 0.500. The van der Waals surface area contributed by atoms with Gasteiger partial charge in [0.05, 0.1) is 0 Å². The number of cyclic esters (lactones) is 2. The monoisotopic (exact) mass is 168 g/mol. The van der Waals surface area contributed by atoms with Gasteiger partial charge in [-0.3, -0.25) is 0 Å². The summed E-state index contributed by atoms with van der Waals surface area (Å²) in [6.07, 6.45) is 0. The first-order chi connectivity index (χ1) is 4.13. The molecule has 0 aromatic rings. The van der Waals surface area contributed by atoms with Gasteiger partial charge < -0.3 is 4.74 Å². The number of carbonyl (C=O) groups excluding carboxylic acids is 2. The van der Waals surface area contributed by atoms with Gasteiger partial charge in [-0.05, 0) is 0 Å². The molecule has 0 amide bonds. The minimum Gasteiger partial charge on any atom is -0.391 e. The highest BCUT2D eigenvalue weighted by Crippen LogP contribution is 2.20. The van der Waals surface area contributed by atoms with Gasteiger partial charge in [0.25, 0.3) is 0 Å². The lowest BCUT2D eigenvalue weighted by Gasteiger charge is -1.91. The largest absolute Gasteiger partial charge is 0.391 e. The third-order valence-electron chi connectivity index (χ3n) is 0.908. The predicted molar refractivity (Wildman–Crippen MR) is 30.4 cm³/mol. The van der Waals surface area contributed by atoms with E-state index in [0.717, 1.165) is 0 Å². The number of ether oxygens (including phenoxy) is 1. The van der Waals surface area contributed by atoms with Crippen LogP contribution < -0.4 is 0 Å². The maximum absolute atomic E-state index is 10.3. The van der Waals surface area contributed by atoms with Crippen LogP contribution in [0.2, 0.25) is 0 Å². The predicted octanol–water partition coefficient (Wildman–Crippen LogP) is 0.285. The van der Waals surface area contributed by atoms with E-state index in [4.69, 9.17) is 23.2 Å². The molecule has 1 aliphatic rings. The van der Waals surface area contributed by atoms with Crippen molar-refractivity contribution in [2.75, 3.05) is 0 Å². The van der Waals surface area contributed by atoms with Crippen molar-refractivity contribution in [3.63, 3.8) is 0 Å². The van der Waals surface area contributed by atoms with Crippen molar-refractivity contribution >= 4 is 35.1 Å². The van der Waals surface area contributed by atoms with Gasteiger partial charge >= 0.3 is 11.9 Å². The molecule has 0 aliphatic carbocycles. The molecule has 3 nitrogen and oxygen atoms in total. The molecular weight excluding hydrogens is 167 g/mol. The molecule has 9 heavy (non-hydrogen) atoms. The van der Waals surface area contributed by atoms with Gasteiger partial charge in [0.1, 0.15) is 0 Å². The average Bonchev–Trinajstić information content (AvgIpc) is 1.98. The average molecular weight is 169 g/mol. The summed E-state index contributed by atoms with van der Waals surface area (Å²) in [7, 11) is 0. The van der Waals surface area contributed by atoms with Crippen LogP contribution in [0.3, 0.4) is 0 Å². The first-order valence-corrected chi connectivity index (χ1v) is 3.04. The Hall–Kier alpha value is -0.280. The number of esters is 2. The van der Waals surface area contributed by atoms with Crippen LogP contribution in [0.1, 0.15) is 0 Å². The van der Waals surface area contributed by atoms with Gasteiger partial charge in [-0.15, -0.1) is 23.2 Å². The van der Waals surface area contributed by atoms with E-state index in [0.29, 0.717) is 0 Å². The highest BCUT2D eigenvalue weighted by atomic mass is 35.5. The summed E-state index contributed by atoms with van der Waals surface area (Å²) >= 11 is 10.6. The summed E-state index contributed by atoms with van der Waals surface area (Å²) < 4.78 is 4.04. The molecule has 1 heterocycles. The normalized spacial score (nSPS) is 34.9. The molecular formula is C4H2Cl2O3. The van der Waals surface area contributed by atoms with Crippen molar-refractivity contribution in [3.05, 3.63) is 0 Å². The van der Waals surface area contributed by atoms with E-state index in [-0.39, 0.29) is 0 Å². The maximum Gasteiger partial charge on any atom is 0.333 e. The fourth-order valence-corrected chi connectivity index (χ4v) is 0.746. The summed E-state index contributed by atoms with van der Waals surface area (Å²) in [4.78, 5) is 20.7. The number of alkyl halides is 2. The molecule has 0 radical (unpaired) electrons. The number of halogens is 2. The Balaban J connectivity index is 2.77. The molecule has 0 N–H and O–H groups in total. The zero-order chi connectivity index (χ0) is 7.02. The van der Waals surface area contributed by atoms with E-state index in [9.17, 15) is 9.59 Å². The van der Waals surface area contributed by atoms with Crippen LogP contribution in [0.15, 0.2) is 0 Å². The van der Waals surface area contributed by atoms with Crippen LogP contribution in [-0.4, -0.2) is 22.7 Å². The molecule has 1 aliphatic heterocycles. The Kier molecular flexibility index (Phi) is 1.64. The van der Waals surface area contributed by atoms with Crippen LogP contribution in [0.5, 0.6) is 0 Å². The van der Waals surface area contributed by atoms with E-state index < -0.39 is 22.7 Å². The highest BCUT2D eigenvalue weighted by molar-refractivity contribution is 6.45. The van der Waals surface area contributed by atoms with Gasteiger partial charge in [-0.2, -0.15) is 0 Å². The molecule has 0 spiro atoms. The third-order valence-corrected chi connectivity index (χ3v) is 1.90. The Morgan fingerprint density at radius 1 is 1.11 bits per heavy atom.